The Hall–Kier alpha value is -2.80. The molecular weight excluding hydrogens is 338 g/mol. The van der Waals surface area contributed by atoms with Crippen LogP contribution in [-0.2, 0) is 12.8 Å². The van der Waals surface area contributed by atoms with Crippen LogP contribution in [0.15, 0.2) is 43.2 Å². The molecule has 0 aliphatic carbocycles. The quantitative estimate of drug-likeness (QED) is 0.700. The SMILES string of the molecule is CC(CCNc1nc(-c2ccncc2)nc2c1CCNCC2)n1ccnc1. The number of anilines is 1. The second-order valence-electron chi connectivity index (χ2n) is 6.88. The van der Waals surface area contributed by atoms with Crippen molar-refractivity contribution >= 4 is 5.82 Å². The van der Waals surface area contributed by atoms with Gasteiger partial charge in [-0.2, -0.15) is 0 Å². The Morgan fingerprint density at radius 3 is 2.78 bits per heavy atom. The highest BCUT2D eigenvalue weighted by Crippen LogP contribution is 2.24. The molecule has 0 bridgehead atoms. The summed E-state index contributed by atoms with van der Waals surface area (Å²) in [5, 5.41) is 7.03. The fraction of sp³-hybridized carbons (Fsp3) is 0.400. The molecule has 1 atom stereocenters. The van der Waals surface area contributed by atoms with Crippen LogP contribution in [0.25, 0.3) is 11.4 Å². The highest BCUT2D eigenvalue weighted by Gasteiger charge is 2.17. The van der Waals surface area contributed by atoms with Crippen LogP contribution < -0.4 is 10.6 Å². The third kappa shape index (κ3) is 4.14. The maximum Gasteiger partial charge on any atom is 0.161 e. The summed E-state index contributed by atoms with van der Waals surface area (Å²) in [6, 6.07) is 4.31. The summed E-state index contributed by atoms with van der Waals surface area (Å²) in [5.74, 6) is 1.73. The zero-order valence-electron chi connectivity index (χ0n) is 15.6. The number of hydrogen-bond donors (Lipinski definition) is 2. The first kappa shape index (κ1) is 17.6. The lowest BCUT2D eigenvalue weighted by Gasteiger charge is -2.17. The van der Waals surface area contributed by atoms with E-state index in [4.69, 9.17) is 9.97 Å². The van der Waals surface area contributed by atoms with Gasteiger partial charge in [-0.1, -0.05) is 0 Å². The number of hydrogen-bond acceptors (Lipinski definition) is 6. The normalized spacial score (nSPS) is 15.0. The van der Waals surface area contributed by atoms with Crippen LogP contribution in [0.2, 0.25) is 0 Å². The summed E-state index contributed by atoms with van der Waals surface area (Å²) in [4.78, 5) is 18.0. The molecule has 0 saturated heterocycles. The number of pyridine rings is 1. The standard InChI is InChI=1S/C20H25N7/c1-15(27-13-12-23-14-27)2-11-24-20-17-5-9-22-10-6-18(17)25-19(26-20)16-3-7-21-8-4-16/h3-4,7-8,12-15,22H,2,5-6,9-11H2,1H3,(H,24,25,26). The predicted octanol–water partition coefficient (Wildman–Crippen LogP) is 2.49. The van der Waals surface area contributed by atoms with E-state index < -0.39 is 0 Å². The average molecular weight is 363 g/mol. The smallest absolute Gasteiger partial charge is 0.161 e. The summed E-state index contributed by atoms with van der Waals surface area (Å²) in [6.45, 7) is 4.98. The molecule has 4 rings (SSSR count). The van der Waals surface area contributed by atoms with E-state index in [2.05, 4.69) is 32.1 Å². The lowest BCUT2D eigenvalue weighted by molar-refractivity contribution is 0.519. The second-order valence-corrected chi connectivity index (χ2v) is 6.88. The molecule has 2 N–H and O–H groups in total. The summed E-state index contributed by atoms with van der Waals surface area (Å²) in [5.41, 5.74) is 3.39. The van der Waals surface area contributed by atoms with E-state index in [0.717, 1.165) is 61.8 Å². The van der Waals surface area contributed by atoms with Gasteiger partial charge in [0.1, 0.15) is 5.82 Å². The molecule has 27 heavy (non-hydrogen) atoms. The minimum Gasteiger partial charge on any atom is -0.370 e. The first-order valence-corrected chi connectivity index (χ1v) is 9.53. The molecule has 3 aromatic heterocycles. The fourth-order valence-electron chi connectivity index (χ4n) is 3.40. The van der Waals surface area contributed by atoms with Crippen molar-refractivity contribution in [3.05, 3.63) is 54.5 Å². The molecule has 3 aromatic rings. The van der Waals surface area contributed by atoms with E-state index in [1.54, 1.807) is 12.4 Å². The van der Waals surface area contributed by atoms with Crippen LogP contribution >= 0.6 is 0 Å². The lowest BCUT2D eigenvalue weighted by Crippen LogP contribution is -2.16. The highest BCUT2D eigenvalue weighted by molar-refractivity contribution is 5.59. The minimum absolute atomic E-state index is 0.391. The van der Waals surface area contributed by atoms with Crippen LogP contribution in [-0.4, -0.2) is 44.1 Å². The Labute approximate surface area is 159 Å². The molecule has 1 unspecified atom stereocenters. The van der Waals surface area contributed by atoms with Gasteiger partial charge in [-0.3, -0.25) is 4.98 Å². The van der Waals surface area contributed by atoms with Gasteiger partial charge in [0.25, 0.3) is 0 Å². The maximum atomic E-state index is 4.86. The molecular formula is C20H25N7. The summed E-state index contributed by atoms with van der Waals surface area (Å²) in [7, 11) is 0. The molecule has 4 heterocycles. The second kappa shape index (κ2) is 8.26. The van der Waals surface area contributed by atoms with Gasteiger partial charge in [0.15, 0.2) is 5.82 Å². The van der Waals surface area contributed by atoms with E-state index in [-0.39, 0.29) is 0 Å². The largest absolute Gasteiger partial charge is 0.370 e. The van der Waals surface area contributed by atoms with Crippen molar-refractivity contribution in [3.63, 3.8) is 0 Å². The molecule has 0 fully saturated rings. The summed E-state index contributed by atoms with van der Waals surface area (Å²) in [6.07, 6.45) is 12.1. The molecule has 140 valence electrons. The molecule has 0 aromatic carbocycles. The average Bonchev–Trinajstić information content (AvgIpc) is 3.14. The first-order valence-electron chi connectivity index (χ1n) is 9.53. The van der Waals surface area contributed by atoms with Crippen molar-refractivity contribution in [1.29, 1.82) is 0 Å². The Morgan fingerprint density at radius 1 is 1.11 bits per heavy atom. The van der Waals surface area contributed by atoms with Crippen LogP contribution in [0.5, 0.6) is 0 Å². The van der Waals surface area contributed by atoms with Crippen molar-refractivity contribution in [2.75, 3.05) is 25.0 Å². The van der Waals surface area contributed by atoms with E-state index in [1.807, 2.05) is 30.9 Å². The highest BCUT2D eigenvalue weighted by atomic mass is 15.1. The molecule has 7 nitrogen and oxygen atoms in total. The number of fused-ring (bicyclic) bond motifs is 1. The van der Waals surface area contributed by atoms with Crippen LogP contribution in [0.1, 0.15) is 30.6 Å². The van der Waals surface area contributed by atoms with Crippen molar-refractivity contribution in [2.24, 2.45) is 0 Å². The van der Waals surface area contributed by atoms with Gasteiger partial charge < -0.3 is 15.2 Å². The molecule has 0 radical (unpaired) electrons. The number of rotatable bonds is 6. The Bertz CT molecular complexity index is 862. The number of aromatic nitrogens is 5. The molecule has 1 aliphatic heterocycles. The fourth-order valence-corrected chi connectivity index (χ4v) is 3.40. The molecule has 0 spiro atoms. The van der Waals surface area contributed by atoms with Crippen LogP contribution in [0.4, 0.5) is 5.82 Å². The van der Waals surface area contributed by atoms with Gasteiger partial charge in [-0.15, -0.1) is 0 Å². The van der Waals surface area contributed by atoms with Crippen LogP contribution in [0, 0.1) is 0 Å². The Morgan fingerprint density at radius 2 is 1.96 bits per heavy atom. The first-order chi connectivity index (χ1) is 13.3. The maximum absolute atomic E-state index is 4.86. The summed E-state index contributed by atoms with van der Waals surface area (Å²) < 4.78 is 2.13. The van der Waals surface area contributed by atoms with E-state index in [0.29, 0.717) is 6.04 Å². The molecule has 1 aliphatic rings. The third-order valence-corrected chi connectivity index (χ3v) is 5.01. The third-order valence-electron chi connectivity index (χ3n) is 5.01. The number of nitrogens with one attached hydrogen (secondary N) is 2. The Kier molecular flexibility index (Phi) is 5.39. The van der Waals surface area contributed by atoms with Gasteiger partial charge >= 0.3 is 0 Å². The monoisotopic (exact) mass is 363 g/mol. The zero-order valence-corrected chi connectivity index (χ0v) is 15.6. The van der Waals surface area contributed by atoms with Gasteiger partial charge in [0, 0.05) is 61.5 Å². The topological polar surface area (TPSA) is 80.5 Å². The van der Waals surface area contributed by atoms with Gasteiger partial charge in [-0.05, 0) is 38.4 Å². The Balaban J connectivity index is 1.56. The number of nitrogens with zero attached hydrogens (tertiary/aromatic N) is 5. The predicted molar refractivity (Wildman–Crippen MR) is 106 cm³/mol. The lowest BCUT2D eigenvalue weighted by atomic mass is 10.1. The van der Waals surface area contributed by atoms with Crippen LogP contribution in [0.3, 0.4) is 0 Å². The van der Waals surface area contributed by atoms with Crippen molar-refractivity contribution in [3.8, 4) is 11.4 Å². The van der Waals surface area contributed by atoms with Gasteiger partial charge in [0.05, 0.1) is 12.0 Å². The minimum atomic E-state index is 0.391. The van der Waals surface area contributed by atoms with Crippen molar-refractivity contribution in [1.82, 2.24) is 29.8 Å². The molecule has 0 saturated carbocycles. The molecule has 0 amide bonds. The van der Waals surface area contributed by atoms with Gasteiger partial charge in [0.2, 0.25) is 0 Å². The molecule has 7 heteroatoms. The van der Waals surface area contributed by atoms with E-state index in [1.165, 1.54) is 5.56 Å². The van der Waals surface area contributed by atoms with Crippen molar-refractivity contribution < 1.29 is 0 Å². The van der Waals surface area contributed by atoms with Gasteiger partial charge in [-0.25, -0.2) is 15.0 Å². The van der Waals surface area contributed by atoms with E-state index >= 15 is 0 Å². The van der Waals surface area contributed by atoms with E-state index in [9.17, 15) is 0 Å². The number of imidazole rings is 1. The summed E-state index contributed by atoms with van der Waals surface area (Å²) >= 11 is 0. The zero-order chi connectivity index (χ0) is 18.5. The van der Waals surface area contributed by atoms with Crippen molar-refractivity contribution in [2.45, 2.75) is 32.2 Å².